The number of nitrogens with one attached hydrogen (secondary N) is 2. The number of amides is 1. The van der Waals surface area contributed by atoms with E-state index in [0.717, 1.165) is 29.9 Å². The summed E-state index contributed by atoms with van der Waals surface area (Å²) in [6.45, 7) is 4.89. The molecule has 1 aliphatic heterocycles. The predicted octanol–water partition coefficient (Wildman–Crippen LogP) is 4.17. The lowest BCUT2D eigenvalue weighted by molar-refractivity contribution is -0.117. The van der Waals surface area contributed by atoms with Gasteiger partial charge in [0.05, 0.1) is 6.04 Å². The van der Waals surface area contributed by atoms with Gasteiger partial charge >= 0.3 is 0 Å². The van der Waals surface area contributed by atoms with Crippen LogP contribution in [0.25, 0.3) is 0 Å². The highest BCUT2D eigenvalue weighted by molar-refractivity contribution is 7.80. The summed E-state index contributed by atoms with van der Waals surface area (Å²) in [6, 6.07) is 16.3. The van der Waals surface area contributed by atoms with E-state index in [9.17, 15) is 4.79 Å². The Morgan fingerprint density at radius 2 is 1.96 bits per heavy atom. The lowest BCUT2D eigenvalue weighted by atomic mass is 10.1. The van der Waals surface area contributed by atoms with E-state index >= 15 is 0 Å². The molecule has 1 unspecified atom stereocenters. The maximum atomic E-state index is 12.0. The van der Waals surface area contributed by atoms with Crippen LogP contribution in [-0.2, 0) is 4.79 Å². The van der Waals surface area contributed by atoms with Gasteiger partial charge in [0.1, 0.15) is 0 Å². The summed E-state index contributed by atoms with van der Waals surface area (Å²) in [5.41, 5.74) is 4.13. The highest BCUT2D eigenvalue weighted by Gasteiger charge is 2.23. The van der Waals surface area contributed by atoms with Gasteiger partial charge < -0.3 is 15.5 Å². The van der Waals surface area contributed by atoms with Crippen molar-refractivity contribution in [3.63, 3.8) is 0 Å². The smallest absolute Gasteiger partial charge is 0.227 e. The normalized spacial score (nSPS) is 15.1. The molecule has 1 saturated heterocycles. The third-order valence-electron chi connectivity index (χ3n) is 4.48. The molecular weight excluding hydrogens is 330 g/mol. The molecule has 2 aromatic rings. The maximum absolute atomic E-state index is 12.0. The van der Waals surface area contributed by atoms with Gasteiger partial charge in [-0.2, -0.15) is 0 Å². The van der Waals surface area contributed by atoms with Gasteiger partial charge in [-0.05, 0) is 55.7 Å². The van der Waals surface area contributed by atoms with Crippen LogP contribution in [0.4, 0.5) is 11.4 Å². The Hall–Kier alpha value is -2.40. The lowest BCUT2D eigenvalue weighted by Gasteiger charge is -2.21. The number of carbonyl (C=O) groups is 1. The van der Waals surface area contributed by atoms with E-state index < -0.39 is 0 Å². The fraction of sp³-hybridized carbons (Fsp3) is 0.300. The van der Waals surface area contributed by atoms with Crippen LogP contribution in [0.2, 0.25) is 0 Å². The molecule has 1 aliphatic rings. The molecule has 2 aromatic carbocycles. The molecule has 130 valence electrons. The molecule has 0 radical (unpaired) electrons. The lowest BCUT2D eigenvalue weighted by Crippen LogP contribution is -2.31. The fourth-order valence-electron chi connectivity index (χ4n) is 3.07. The maximum Gasteiger partial charge on any atom is 0.227 e. The van der Waals surface area contributed by atoms with Gasteiger partial charge in [-0.15, -0.1) is 0 Å². The van der Waals surface area contributed by atoms with Crippen molar-refractivity contribution >= 4 is 34.6 Å². The molecule has 1 amide bonds. The first-order chi connectivity index (χ1) is 12.0. The largest absolute Gasteiger partial charge is 0.356 e. The second kappa shape index (κ2) is 7.66. The van der Waals surface area contributed by atoms with Gasteiger partial charge in [0, 0.05) is 24.3 Å². The second-order valence-electron chi connectivity index (χ2n) is 6.38. The molecule has 0 aromatic heterocycles. The van der Waals surface area contributed by atoms with E-state index in [1.165, 1.54) is 5.56 Å². The zero-order valence-corrected chi connectivity index (χ0v) is 15.4. The molecule has 0 bridgehead atoms. The van der Waals surface area contributed by atoms with E-state index in [2.05, 4.69) is 29.7 Å². The first kappa shape index (κ1) is 17.4. The molecule has 0 saturated carbocycles. The highest BCUT2D eigenvalue weighted by Crippen LogP contribution is 2.28. The van der Waals surface area contributed by atoms with Crippen molar-refractivity contribution in [1.29, 1.82) is 0 Å². The number of hydrogen-bond acceptors (Lipinski definition) is 2. The van der Waals surface area contributed by atoms with E-state index in [1.807, 2.05) is 48.2 Å². The molecule has 4 nitrogen and oxygen atoms in total. The van der Waals surface area contributed by atoms with Gasteiger partial charge in [-0.3, -0.25) is 4.79 Å². The minimum atomic E-state index is 0.117. The summed E-state index contributed by atoms with van der Waals surface area (Å²) < 4.78 is 0. The van der Waals surface area contributed by atoms with Crippen LogP contribution in [0.3, 0.4) is 0 Å². The molecule has 2 N–H and O–H groups in total. The number of thiocarbonyl (C=S) groups is 1. The van der Waals surface area contributed by atoms with Crippen LogP contribution < -0.4 is 15.5 Å². The Balaban J connectivity index is 1.68. The topological polar surface area (TPSA) is 44.4 Å². The van der Waals surface area contributed by atoms with Gasteiger partial charge in [0.25, 0.3) is 0 Å². The number of carbonyl (C=O) groups excluding carboxylic acids is 1. The number of nitrogens with zero attached hydrogens (tertiary/aromatic N) is 1. The summed E-state index contributed by atoms with van der Waals surface area (Å²) in [5.74, 6) is 0.193. The van der Waals surface area contributed by atoms with Crippen LogP contribution in [-0.4, -0.2) is 17.6 Å². The highest BCUT2D eigenvalue weighted by atomic mass is 32.1. The van der Waals surface area contributed by atoms with Crippen molar-refractivity contribution < 1.29 is 4.79 Å². The van der Waals surface area contributed by atoms with E-state index in [1.54, 1.807) is 0 Å². The Labute approximate surface area is 154 Å². The zero-order valence-electron chi connectivity index (χ0n) is 14.6. The van der Waals surface area contributed by atoms with Crippen molar-refractivity contribution in [3.05, 3.63) is 59.7 Å². The Morgan fingerprint density at radius 1 is 1.20 bits per heavy atom. The molecular formula is C20H23N3OS. The van der Waals surface area contributed by atoms with Gasteiger partial charge in [0.2, 0.25) is 5.91 Å². The minimum absolute atomic E-state index is 0.117. The number of hydrogen-bond donors (Lipinski definition) is 2. The van der Waals surface area contributed by atoms with Crippen LogP contribution in [0.1, 0.15) is 36.9 Å². The van der Waals surface area contributed by atoms with E-state index in [0.29, 0.717) is 11.5 Å². The summed E-state index contributed by atoms with van der Waals surface area (Å²) in [7, 11) is 0. The number of benzene rings is 2. The first-order valence-electron chi connectivity index (χ1n) is 8.58. The quantitative estimate of drug-likeness (QED) is 0.810. The summed E-state index contributed by atoms with van der Waals surface area (Å²) in [4.78, 5) is 13.9. The van der Waals surface area contributed by atoms with Crippen molar-refractivity contribution in [3.8, 4) is 0 Å². The van der Waals surface area contributed by atoms with E-state index in [-0.39, 0.29) is 11.9 Å². The number of rotatable bonds is 4. The van der Waals surface area contributed by atoms with Crippen LogP contribution in [0.15, 0.2) is 48.5 Å². The third-order valence-corrected chi connectivity index (χ3v) is 4.70. The molecule has 1 fully saturated rings. The number of anilines is 2. The van der Waals surface area contributed by atoms with Gasteiger partial charge in [-0.25, -0.2) is 0 Å². The molecule has 1 atom stereocenters. The monoisotopic (exact) mass is 353 g/mol. The van der Waals surface area contributed by atoms with Crippen molar-refractivity contribution in [2.24, 2.45) is 0 Å². The summed E-state index contributed by atoms with van der Waals surface area (Å²) in [5, 5.41) is 7.10. The van der Waals surface area contributed by atoms with Crippen molar-refractivity contribution in [2.75, 3.05) is 16.8 Å². The SMILES string of the molecule is Cc1ccc(NC(=S)NC(C)c2ccccc2)cc1N1CCCC1=O. The standard InChI is InChI=1S/C20H23N3OS/c1-14-10-11-17(13-18(14)23-12-6-9-19(23)24)22-20(25)21-15(2)16-7-4-3-5-8-16/h3-5,7-8,10-11,13,15H,6,9,12H2,1-2H3,(H2,21,22,25). The predicted molar refractivity (Wildman–Crippen MR) is 107 cm³/mol. The molecule has 1 heterocycles. The average Bonchev–Trinajstić information content (AvgIpc) is 3.03. The Kier molecular flexibility index (Phi) is 5.34. The van der Waals surface area contributed by atoms with Crippen molar-refractivity contribution in [2.45, 2.75) is 32.7 Å². The van der Waals surface area contributed by atoms with Crippen LogP contribution >= 0.6 is 12.2 Å². The van der Waals surface area contributed by atoms with E-state index in [4.69, 9.17) is 12.2 Å². The first-order valence-corrected chi connectivity index (χ1v) is 8.99. The molecule has 0 spiro atoms. The summed E-state index contributed by atoms with van der Waals surface area (Å²) in [6.07, 6.45) is 1.55. The van der Waals surface area contributed by atoms with Gasteiger partial charge in [-0.1, -0.05) is 36.4 Å². The molecule has 0 aliphatic carbocycles. The Bertz CT molecular complexity index is 776. The second-order valence-corrected chi connectivity index (χ2v) is 6.79. The Morgan fingerprint density at radius 3 is 2.64 bits per heavy atom. The average molecular weight is 353 g/mol. The minimum Gasteiger partial charge on any atom is -0.356 e. The van der Waals surface area contributed by atoms with Crippen LogP contribution in [0, 0.1) is 6.92 Å². The molecule has 25 heavy (non-hydrogen) atoms. The third kappa shape index (κ3) is 4.17. The fourth-order valence-corrected chi connectivity index (χ4v) is 3.36. The molecule has 5 heteroatoms. The van der Waals surface area contributed by atoms with Gasteiger partial charge in [0.15, 0.2) is 5.11 Å². The zero-order chi connectivity index (χ0) is 17.8. The van der Waals surface area contributed by atoms with Crippen molar-refractivity contribution in [1.82, 2.24) is 5.32 Å². The van der Waals surface area contributed by atoms with Crippen LogP contribution in [0.5, 0.6) is 0 Å². The summed E-state index contributed by atoms with van der Waals surface area (Å²) >= 11 is 5.44. The molecule has 3 rings (SSSR count). The number of aryl methyl sites for hydroxylation is 1.